The lowest BCUT2D eigenvalue weighted by Crippen LogP contribution is -2.35. The summed E-state index contributed by atoms with van der Waals surface area (Å²) >= 11 is 3.61. The lowest BCUT2D eigenvalue weighted by molar-refractivity contribution is 0.134. The molecule has 0 aromatic carbocycles. The van der Waals surface area contributed by atoms with E-state index in [2.05, 4.69) is 38.8 Å². The van der Waals surface area contributed by atoms with Crippen molar-refractivity contribution in [1.29, 1.82) is 0 Å². The summed E-state index contributed by atoms with van der Waals surface area (Å²) in [7, 11) is 0. The van der Waals surface area contributed by atoms with Gasteiger partial charge in [-0.2, -0.15) is 5.10 Å². The van der Waals surface area contributed by atoms with Crippen molar-refractivity contribution in [1.82, 2.24) is 9.78 Å². The van der Waals surface area contributed by atoms with E-state index in [9.17, 15) is 0 Å². The summed E-state index contributed by atoms with van der Waals surface area (Å²) in [6.45, 7) is 3.16. The molecule has 0 spiro atoms. The minimum atomic E-state index is 0.498. The molecule has 3 heteroatoms. The van der Waals surface area contributed by atoms with E-state index >= 15 is 0 Å². The zero-order valence-corrected chi connectivity index (χ0v) is 9.55. The molecule has 13 heavy (non-hydrogen) atoms. The standard InChI is InChI=1S/C10H15BrN2/c1-9-5-12-13(6-9)8-10(7-11)3-2-4-10/h5-6H,2-4,7-8H2,1H3. The molecule has 0 amide bonds. The van der Waals surface area contributed by atoms with Gasteiger partial charge in [-0.1, -0.05) is 22.4 Å². The molecule has 0 aliphatic heterocycles. The summed E-state index contributed by atoms with van der Waals surface area (Å²) in [4.78, 5) is 0. The first-order chi connectivity index (χ1) is 6.24. The summed E-state index contributed by atoms with van der Waals surface area (Å²) in [6, 6.07) is 0. The summed E-state index contributed by atoms with van der Waals surface area (Å²) < 4.78 is 2.08. The predicted octanol–water partition coefficient (Wildman–Crippen LogP) is 2.76. The summed E-state index contributed by atoms with van der Waals surface area (Å²) in [5.74, 6) is 0. The Bertz CT molecular complexity index is 283. The van der Waals surface area contributed by atoms with Crippen LogP contribution in [0.25, 0.3) is 0 Å². The Labute approximate surface area is 87.5 Å². The highest BCUT2D eigenvalue weighted by Crippen LogP contribution is 2.43. The van der Waals surface area contributed by atoms with E-state index in [4.69, 9.17) is 0 Å². The molecular weight excluding hydrogens is 228 g/mol. The van der Waals surface area contributed by atoms with Gasteiger partial charge in [-0.15, -0.1) is 0 Å². The van der Waals surface area contributed by atoms with E-state index in [-0.39, 0.29) is 0 Å². The Morgan fingerprint density at radius 1 is 1.62 bits per heavy atom. The summed E-state index contributed by atoms with van der Waals surface area (Å²) in [6.07, 6.45) is 8.13. The first-order valence-electron chi connectivity index (χ1n) is 4.79. The van der Waals surface area contributed by atoms with Crippen molar-refractivity contribution in [3.8, 4) is 0 Å². The van der Waals surface area contributed by atoms with Gasteiger partial charge >= 0.3 is 0 Å². The van der Waals surface area contributed by atoms with Crippen LogP contribution in [0.2, 0.25) is 0 Å². The maximum Gasteiger partial charge on any atom is 0.0518 e. The Morgan fingerprint density at radius 2 is 2.38 bits per heavy atom. The van der Waals surface area contributed by atoms with Crippen LogP contribution in [0.3, 0.4) is 0 Å². The second kappa shape index (κ2) is 3.45. The Balaban J connectivity index is 2.04. The molecule has 1 aromatic heterocycles. The van der Waals surface area contributed by atoms with Crippen molar-refractivity contribution in [3.63, 3.8) is 0 Å². The number of aromatic nitrogens is 2. The maximum atomic E-state index is 4.33. The fourth-order valence-electron chi connectivity index (χ4n) is 1.91. The van der Waals surface area contributed by atoms with Crippen molar-refractivity contribution < 1.29 is 0 Å². The number of hydrogen-bond donors (Lipinski definition) is 0. The highest BCUT2D eigenvalue weighted by atomic mass is 79.9. The van der Waals surface area contributed by atoms with Gasteiger partial charge in [0, 0.05) is 18.1 Å². The van der Waals surface area contributed by atoms with Crippen LogP contribution in [0.15, 0.2) is 12.4 Å². The van der Waals surface area contributed by atoms with Crippen LogP contribution in [0.4, 0.5) is 0 Å². The predicted molar refractivity (Wildman–Crippen MR) is 57.0 cm³/mol. The Kier molecular flexibility index (Phi) is 2.45. The minimum absolute atomic E-state index is 0.498. The van der Waals surface area contributed by atoms with Crippen LogP contribution in [0.1, 0.15) is 24.8 Å². The van der Waals surface area contributed by atoms with E-state index < -0.39 is 0 Å². The second-order valence-corrected chi connectivity index (χ2v) is 4.76. The average Bonchev–Trinajstić information content (AvgIpc) is 2.44. The van der Waals surface area contributed by atoms with Crippen LogP contribution in [-0.2, 0) is 6.54 Å². The van der Waals surface area contributed by atoms with Gasteiger partial charge in [-0.3, -0.25) is 4.68 Å². The summed E-state index contributed by atoms with van der Waals surface area (Å²) in [5.41, 5.74) is 1.75. The zero-order chi connectivity index (χ0) is 9.31. The minimum Gasteiger partial charge on any atom is -0.272 e. The molecule has 2 nitrogen and oxygen atoms in total. The third-order valence-electron chi connectivity index (χ3n) is 2.96. The fraction of sp³-hybridized carbons (Fsp3) is 0.700. The van der Waals surface area contributed by atoms with Gasteiger partial charge in [0.1, 0.15) is 0 Å². The fourth-order valence-corrected chi connectivity index (χ4v) is 2.65. The van der Waals surface area contributed by atoms with Crippen LogP contribution in [0, 0.1) is 12.3 Å². The molecule has 1 aliphatic rings. The Hall–Kier alpha value is -0.310. The zero-order valence-electron chi connectivity index (χ0n) is 7.96. The Morgan fingerprint density at radius 3 is 2.77 bits per heavy atom. The number of nitrogens with zero attached hydrogens (tertiary/aromatic N) is 2. The molecule has 0 unspecified atom stereocenters. The molecule has 1 heterocycles. The summed E-state index contributed by atoms with van der Waals surface area (Å²) in [5, 5.41) is 5.44. The average molecular weight is 243 g/mol. The lowest BCUT2D eigenvalue weighted by Gasteiger charge is -2.40. The van der Waals surface area contributed by atoms with E-state index in [0.29, 0.717) is 5.41 Å². The van der Waals surface area contributed by atoms with Gasteiger partial charge in [0.05, 0.1) is 6.20 Å². The molecule has 1 fully saturated rings. The van der Waals surface area contributed by atoms with E-state index in [1.54, 1.807) is 0 Å². The van der Waals surface area contributed by atoms with Gasteiger partial charge in [0.2, 0.25) is 0 Å². The largest absolute Gasteiger partial charge is 0.272 e. The van der Waals surface area contributed by atoms with Crippen molar-refractivity contribution in [2.24, 2.45) is 5.41 Å². The van der Waals surface area contributed by atoms with Crippen LogP contribution in [-0.4, -0.2) is 15.1 Å². The third kappa shape index (κ3) is 1.80. The smallest absolute Gasteiger partial charge is 0.0518 e. The monoisotopic (exact) mass is 242 g/mol. The number of halogens is 1. The van der Waals surface area contributed by atoms with Crippen LogP contribution >= 0.6 is 15.9 Å². The molecule has 0 atom stereocenters. The number of rotatable bonds is 3. The highest BCUT2D eigenvalue weighted by molar-refractivity contribution is 9.09. The topological polar surface area (TPSA) is 17.8 Å². The SMILES string of the molecule is Cc1cnn(CC2(CBr)CCC2)c1. The van der Waals surface area contributed by atoms with Gasteiger partial charge in [0.15, 0.2) is 0 Å². The molecule has 1 aromatic rings. The lowest BCUT2D eigenvalue weighted by atomic mass is 9.70. The molecule has 1 aliphatic carbocycles. The second-order valence-electron chi connectivity index (χ2n) is 4.20. The molecule has 0 N–H and O–H groups in total. The van der Waals surface area contributed by atoms with E-state index in [1.165, 1.54) is 24.8 Å². The van der Waals surface area contributed by atoms with Crippen LogP contribution in [0.5, 0.6) is 0 Å². The van der Waals surface area contributed by atoms with Gasteiger partial charge < -0.3 is 0 Å². The molecule has 0 radical (unpaired) electrons. The maximum absolute atomic E-state index is 4.33. The van der Waals surface area contributed by atoms with Crippen molar-refractivity contribution in [2.75, 3.05) is 5.33 Å². The van der Waals surface area contributed by atoms with Gasteiger partial charge in [-0.05, 0) is 30.7 Å². The number of aryl methyl sites for hydroxylation is 1. The first kappa shape index (κ1) is 9.25. The third-order valence-corrected chi connectivity index (χ3v) is 4.15. The van der Waals surface area contributed by atoms with E-state index in [1.807, 2.05) is 6.20 Å². The van der Waals surface area contributed by atoms with Crippen LogP contribution < -0.4 is 0 Å². The quantitative estimate of drug-likeness (QED) is 0.746. The van der Waals surface area contributed by atoms with E-state index in [0.717, 1.165) is 11.9 Å². The molecule has 0 saturated heterocycles. The molecular formula is C10H15BrN2. The van der Waals surface area contributed by atoms with Gasteiger partial charge in [-0.25, -0.2) is 0 Å². The molecule has 72 valence electrons. The molecule has 2 rings (SSSR count). The molecule has 0 bridgehead atoms. The molecule has 1 saturated carbocycles. The first-order valence-corrected chi connectivity index (χ1v) is 5.91. The van der Waals surface area contributed by atoms with Gasteiger partial charge in [0.25, 0.3) is 0 Å². The van der Waals surface area contributed by atoms with Crippen molar-refractivity contribution in [2.45, 2.75) is 32.7 Å². The van der Waals surface area contributed by atoms with Crippen molar-refractivity contribution >= 4 is 15.9 Å². The number of hydrogen-bond acceptors (Lipinski definition) is 1. The normalized spacial score (nSPS) is 19.8. The van der Waals surface area contributed by atoms with Crippen molar-refractivity contribution in [3.05, 3.63) is 18.0 Å². The number of alkyl halides is 1. The highest BCUT2D eigenvalue weighted by Gasteiger charge is 2.36.